The van der Waals surface area contributed by atoms with Gasteiger partial charge in [0.25, 0.3) is 0 Å². The van der Waals surface area contributed by atoms with Gasteiger partial charge in [0.05, 0.1) is 13.2 Å². The molecule has 0 bridgehead atoms. The quantitative estimate of drug-likeness (QED) is 0.361. The Hall–Kier alpha value is -3.64. The second-order valence-corrected chi connectivity index (χ2v) is 8.14. The first-order valence-corrected chi connectivity index (χ1v) is 11.2. The number of ether oxygens (including phenoxy) is 1. The summed E-state index contributed by atoms with van der Waals surface area (Å²) in [7, 11) is 1.75. The number of guanidine groups is 1. The molecule has 0 aromatic heterocycles. The Bertz CT molecular complexity index is 1080. The van der Waals surface area contributed by atoms with Crippen molar-refractivity contribution in [1.82, 2.24) is 10.6 Å². The molecule has 0 saturated heterocycles. The fourth-order valence-electron chi connectivity index (χ4n) is 3.92. The van der Waals surface area contributed by atoms with Crippen LogP contribution in [0.3, 0.4) is 0 Å². The van der Waals surface area contributed by atoms with Gasteiger partial charge in [-0.1, -0.05) is 72.8 Å². The largest absolute Gasteiger partial charge is 0.372 e. The standard InChI is InChI=1S/C27H30N4O2/c1-28-27(30-17-23-15-26(32)31-25-10-6-5-9-24(23)25)29-16-20-11-13-22(14-12-20)19-33-18-21-7-3-2-4-8-21/h2-14,23H,15-19H2,1H3,(H,31,32)(H2,28,29,30). The van der Waals surface area contributed by atoms with Gasteiger partial charge in [0, 0.05) is 38.2 Å². The summed E-state index contributed by atoms with van der Waals surface area (Å²) < 4.78 is 5.81. The van der Waals surface area contributed by atoms with E-state index >= 15 is 0 Å². The summed E-state index contributed by atoms with van der Waals surface area (Å²) in [6.07, 6.45) is 0.467. The van der Waals surface area contributed by atoms with Crippen LogP contribution in [0.15, 0.2) is 83.9 Å². The summed E-state index contributed by atoms with van der Waals surface area (Å²) in [6.45, 7) is 2.50. The van der Waals surface area contributed by atoms with E-state index in [1.165, 1.54) is 5.56 Å². The number of hydrogen-bond donors (Lipinski definition) is 3. The molecule has 3 aromatic rings. The minimum Gasteiger partial charge on any atom is -0.372 e. The van der Waals surface area contributed by atoms with Crippen molar-refractivity contribution in [1.29, 1.82) is 0 Å². The highest BCUT2D eigenvalue weighted by Crippen LogP contribution is 2.31. The molecule has 3 aromatic carbocycles. The second kappa shape index (κ2) is 11.3. The lowest BCUT2D eigenvalue weighted by Gasteiger charge is -2.26. The number of rotatable bonds is 8. The molecule has 1 amide bonds. The molecule has 1 atom stereocenters. The van der Waals surface area contributed by atoms with Gasteiger partial charge in [0.1, 0.15) is 0 Å². The number of amides is 1. The Labute approximate surface area is 195 Å². The van der Waals surface area contributed by atoms with Gasteiger partial charge in [0.2, 0.25) is 5.91 Å². The van der Waals surface area contributed by atoms with E-state index in [0.29, 0.717) is 38.7 Å². The van der Waals surface area contributed by atoms with Gasteiger partial charge in [0.15, 0.2) is 5.96 Å². The normalized spacial score (nSPS) is 15.5. The lowest BCUT2D eigenvalue weighted by molar-refractivity contribution is -0.116. The van der Waals surface area contributed by atoms with E-state index < -0.39 is 0 Å². The molecule has 0 fully saturated rings. The van der Waals surface area contributed by atoms with Gasteiger partial charge in [-0.3, -0.25) is 9.79 Å². The molecular weight excluding hydrogens is 412 g/mol. The predicted molar refractivity (Wildman–Crippen MR) is 132 cm³/mol. The summed E-state index contributed by atoms with van der Waals surface area (Å²) >= 11 is 0. The number of nitrogens with zero attached hydrogens (tertiary/aromatic N) is 1. The van der Waals surface area contributed by atoms with Gasteiger partial charge in [-0.15, -0.1) is 0 Å². The Morgan fingerprint density at radius 2 is 1.58 bits per heavy atom. The average Bonchev–Trinajstić information content (AvgIpc) is 2.85. The van der Waals surface area contributed by atoms with Crippen LogP contribution in [0.25, 0.3) is 0 Å². The fourth-order valence-corrected chi connectivity index (χ4v) is 3.92. The van der Waals surface area contributed by atoms with Crippen LogP contribution in [0.2, 0.25) is 0 Å². The van der Waals surface area contributed by atoms with Gasteiger partial charge >= 0.3 is 0 Å². The molecule has 1 aliphatic heterocycles. The summed E-state index contributed by atoms with van der Waals surface area (Å²) in [6, 6.07) is 26.5. The minimum atomic E-state index is 0.0521. The van der Waals surface area contributed by atoms with Crippen molar-refractivity contribution in [3.8, 4) is 0 Å². The van der Waals surface area contributed by atoms with Crippen molar-refractivity contribution >= 4 is 17.6 Å². The maximum Gasteiger partial charge on any atom is 0.225 e. The minimum absolute atomic E-state index is 0.0521. The van der Waals surface area contributed by atoms with Crippen molar-refractivity contribution in [3.05, 3.63) is 101 Å². The van der Waals surface area contributed by atoms with Crippen LogP contribution in [0.1, 0.15) is 34.6 Å². The van der Waals surface area contributed by atoms with Crippen LogP contribution in [0.5, 0.6) is 0 Å². The van der Waals surface area contributed by atoms with Crippen LogP contribution < -0.4 is 16.0 Å². The average molecular weight is 443 g/mol. The third-order valence-electron chi connectivity index (χ3n) is 5.71. The Balaban J connectivity index is 1.23. The van der Waals surface area contributed by atoms with Crippen LogP contribution in [-0.2, 0) is 29.3 Å². The molecule has 3 N–H and O–H groups in total. The van der Waals surface area contributed by atoms with E-state index in [4.69, 9.17) is 4.74 Å². The van der Waals surface area contributed by atoms with Crippen molar-refractivity contribution < 1.29 is 9.53 Å². The number of carbonyl (C=O) groups is 1. The van der Waals surface area contributed by atoms with Crippen molar-refractivity contribution in [3.63, 3.8) is 0 Å². The molecule has 1 aliphatic rings. The zero-order valence-corrected chi connectivity index (χ0v) is 18.9. The highest BCUT2D eigenvalue weighted by molar-refractivity contribution is 5.94. The molecule has 0 aliphatic carbocycles. The van der Waals surface area contributed by atoms with Gasteiger partial charge in [-0.2, -0.15) is 0 Å². The van der Waals surface area contributed by atoms with Crippen LogP contribution in [0.4, 0.5) is 5.69 Å². The van der Waals surface area contributed by atoms with Gasteiger partial charge in [-0.05, 0) is 28.3 Å². The summed E-state index contributed by atoms with van der Waals surface area (Å²) in [5, 5.41) is 9.66. The molecule has 0 saturated carbocycles. The maximum absolute atomic E-state index is 12.0. The first kappa shape index (κ1) is 22.6. The van der Waals surface area contributed by atoms with E-state index in [1.807, 2.05) is 36.4 Å². The van der Waals surface area contributed by atoms with E-state index in [1.54, 1.807) is 7.05 Å². The fraction of sp³-hybridized carbons (Fsp3) is 0.259. The number of hydrogen-bond acceptors (Lipinski definition) is 3. The predicted octanol–water partition coefficient (Wildman–Crippen LogP) is 4.19. The lowest BCUT2D eigenvalue weighted by Crippen LogP contribution is -2.40. The van der Waals surface area contributed by atoms with E-state index in [2.05, 4.69) is 63.4 Å². The SMILES string of the molecule is CN=C(NCc1ccc(COCc2ccccc2)cc1)NCC1CC(=O)Nc2ccccc21. The summed E-state index contributed by atoms with van der Waals surface area (Å²) in [4.78, 5) is 16.4. The third kappa shape index (κ3) is 6.43. The molecular formula is C27H30N4O2. The second-order valence-electron chi connectivity index (χ2n) is 8.14. The van der Waals surface area contributed by atoms with Gasteiger partial charge in [-0.25, -0.2) is 0 Å². The lowest BCUT2D eigenvalue weighted by atomic mass is 9.90. The number of aliphatic imine (C=N–C) groups is 1. The van der Waals surface area contributed by atoms with E-state index in [-0.39, 0.29) is 11.8 Å². The zero-order valence-electron chi connectivity index (χ0n) is 18.9. The zero-order chi connectivity index (χ0) is 22.9. The highest BCUT2D eigenvalue weighted by atomic mass is 16.5. The number of para-hydroxylation sites is 1. The van der Waals surface area contributed by atoms with Crippen LogP contribution >= 0.6 is 0 Å². The molecule has 0 spiro atoms. The van der Waals surface area contributed by atoms with Crippen molar-refractivity contribution in [2.75, 3.05) is 18.9 Å². The molecule has 1 heterocycles. The molecule has 4 rings (SSSR count). The maximum atomic E-state index is 12.0. The summed E-state index contributed by atoms with van der Waals surface area (Å²) in [5.41, 5.74) is 5.54. The smallest absolute Gasteiger partial charge is 0.225 e. The Morgan fingerprint density at radius 1 is 0.909 bits per heavy atom. The van der Waals surface area contributed by atoms with Crippen LogP contribution in [0, 0.1) is 0 Å². The van der Waals surface area contributed by atoms with Crippen molar-refractivity contribution in [2.45, 2.75) is 32.1 Å². The molecule has 6 heteroatoms. The molecule has 6 nitrogen and oxygen atoms in total. The number of fused-ring (bicyclic) bond motifs is 1. The highest BCUT2D eigenvalue weighted by Gasteiger charge is 2.24. The topological polar surface area (TPSA) is 74.8 Å². The molecule has 0 radical (unpaired) electrons. The summed E-state index contributed by atoms with van der Waals surface area (Å²) in [5.74, 6) is 0.883. The molecule has 33 heavy (non-hydrogen) atoms. The third-order valence-corrected chi connectivity index (χ3v) is 5.71. The Morgan fingerprint density at radius 3 is 2.33 bits per heavy atom. The number of carbonyl (C=O) groups excluding carboxylic acids is 1. The van der Waals surface area contributed by atoms with Crippen molar-refractivity contribution in [2.24, 2.45) is 4.99 Å². The first-order valence-electron chi connectivity index (χ1n) is 11.2. The number of nitrogens with one attached hydrogen (secondary N) is 3. The molecule has 170 valence electrons. The first-order chi connectivity index (χ1) is 16.2. The van der Waals surface area contributed by atoms with Gasteiger partial charge < -0.3 is 20.7 Å². The van der Waals surface area contributed by atoms with E-state index in [9.17, 15) is 4.79 Å². The Kier molecular flexibility index (Phi) is 7.72. The number of anilines is 1. The monoisotopic (exact) mass is 442 g/mol. The number of benzene rings is 3. The van der Waals surface area contributed by atoms with Crippen LogP contribution in [-0.4, -0.2) is 25.5 Å². The molecule has 1 unspecified atom stereocenters. The van der Waals surface area contributed by atoms with E-state index in [0.717, 1.165) is 22.4 Å².